The number of hydrogen-bond donors (Lipinski definition) is 2. The summed E-state index contributed by atoms with van der Waals surface area (Å²) in [7, 11) is 0. The third-order valence-corrected chi connectivity index (χ3v) is 3.49. The van der Waals surface area contributed by atoms with Crippen LogP contribution in [0.2, 0.25) is 0 Å². The first-order chi connectivity index (χ1) is 9.38. The summed E-state index contributed by atoms with van der Waals surface area (Å²) in [6.07, 6.45) is 0. The van der Waals surface area contributed by atoms with Gasteiger partial charge in [-0.3, -0.25) is 9.59 Å². The molecule has 104 valence electrons. The second kappa shape index (κ2) is 5.38. The molecule has 7 heteroatoms. The van der Waals surface area contributed by atoms with Gasteiger partial charge in [-0.1, -0.05) is 0 Å². The quantitative estimate of drug-likeness (QED) is 0.914. The van der Waals surface area contributed by atoms with E-state index in [9.17, 15) is 18.4 Å². The summed E-state index contributed by atoms with van der Waals surface area (Å²) in [5.41, 5.74) is 5.03. The number of amides is 2. The summed E-state index contributed by atoms with van der Waals surface area (Å²) in [6.45, 7) is 1.74. The minimum Gasteiger partial charge on any atom is -0.366 e. The van der Waals surface area contributed by atoms with Crippen molar-refractivity contribution in [3.8, 4) is 0 Å². The summed E-state index contributed by atoms with van der Waals surface area (Å²) in [6, 6.07) is 4.16. The molecule has 1 aromatic carbocycles. The van der Waals surface area contributed by atoms with Crippen molar-refractivity contribution in [3.63, 3.8) is 0 Å². The zero-order chi connectivity index (χ0) is 14.9. The number of thiophene rings is 1. The molecule has 4 nitrogen and oxygen atoms in total. The Morgan fingerprint density at radius 1 is 1.20 bits per heavy atom. The lowest BCUT2D eigenvalue weighted by Gasteiger charge is -2.05. The van der Waals surface area contributed by atoms with Crippen molar-refractivity contribution in [1.29, 1.82) is 0 Å². The first-order valence-corrected chi connectivity index (χ1v) is 6.37. The van der Waals surface area contributed by atoms with Crippen LogP contribution in [0.4, 0.5) is 13.8 Å². The molecular weight excluding hydrogens is 286 g/mol. The number of hydrogen-bond acceptors (Lipinski definition) is 3. The van der Waals surface area contributed by atoms with E-state index in [0.717, 1.165) is 28.3 Å². The van der Waals surface area contributed by atoms with Gasteiger partial charge in [-0.15, -0.1) is 11.3 Å². The molecular formula is C13H10F2N2O2S. The predicted molar refractivity (Wildman–Crippen MR) is 71.9 cm³/mol. The molecule has 1 heterocycles. The van der Waals surface area contributed by atoms with Crippen molar-refractivity contribution in [2.24, 2.45) is 5.73 Å². The maximum Gasteiger partial charge on any atom is 0.259 e. The minimum absolute atomic E-state index is 0.156. The van der Waals surface area contributed by atoms with Crippen LogP contribution < -0.4 is 11.1 Å². The van der Waals surface area contributed by atoms with Gasteiger partial charge in [0, 0.05) is 10.9 Å². The third-order valence-electron chi connectivity index (χ3n) is 2.52. The van der Waals surface area contributed by atoms with Crippen LogP contribution in [0.15, 0.2) is 24.3 Å². The van der Waals surface area contributed by atoms with Crippen molar-refractivity contribution < 1.29 is 18.4 Å². The number of anilines is 1. The Hall–Kier alpha value is -2.28. The second-order valence-corrected chi connectivity index (χ2v) is 5.30. The van der Waals surface area contributed by atoms with Gasteiger partial charge in [-0.2, -0.15) is 0 Å². The SMILES string of the molecule is Cc1cc(C(N)=O)c(NC(=O)c2ccc(F)cc2F)s1. The average molecular weight is 296 g/mol. The van der Waals surface area contributed by atoms with Crippen LogP contribution in [0.25, 0.3) is 0 Å². The molecule has 0 unspecified atom stereocenters. The molecule has 0 saturated carbocycles. The van der Waals surface area contributed by atoms with E-state index in [4.69, 9.17) is 5.73 Å². The fourth-order valence-electron chi connectivity index (χ4n) is 1.63. The van der Waals surface area contributed by atoms with Crippen LogP contribution in [0.1, 0.15) is 25.6 Å². The Kier molecular flexibility index (Phi) is 3.80. The van der Waals surface area contributed by atoms with Crippen LogP contribution in [0, 0.1) is 18.6 Å². The van der Waals surface area contributed by atoms with Crippen LogP contribution >= 0.6 is 11.3 Å². The first-order valence-electron chi connectivity index (χ1n) is 5.55. The molecule has 3 N–H and O–H groups in total. The molecule has 2 aromatic rings. The van der Waals surface area contributed by atoms with Gasteiger partial charge in [0.25, 0.3) is 11.8 Å². The number of nitrogens with one attached hydrogen (secondary N) is 1. The molecule has 0 saturated heterocycles. The van der Waals surface area contributed by atoms with Crippen molar-refractivity contribution >= 4 is 28.2 Å². The van der Waals surface area contributed by atoms with Gasteiger partial charge in [0.05, 0.1) is 11.1 Å². The lowest BCUT2D eigenvalue weighted by molar-refractivity contribution is 0.100. The highest BCUT2D eigenvalue weighted by Crippen LogP contribution is 2.27. The predicted octanol–water partition coefficient (Wildman–Crippen LogP) is 2.69. The Labute approximate surface area is 117 Å². The summed E-state index contributed by atoms with van der Waals surface area (Å²) in [4.78, 5) is 23.9. The molecule has 0 bridgehead atoms. The van der Waals surface area contributed by atoms with Gasteiger partial charge in [0.2, 0.25) is 0 Å². The van der Waals surface area contributed by atoms with E-state index >= 15 is 0 Å². The molecule has 1 aromatic heterocycles. The van der Waals surface area contributed by atoms with Gasteiger partial charge < -0.3 is 11.1 Å². The third kappa shape index (κ3) is 2.83. The average Bonchev–Trinajstić information content (AvgIpc) is 2.70. The van der Waals surface area contributed by atoms with E-state index in [0.29, 0.717) is 6.07 Å². The van der Waals surface area contributed by atoms with Gasteiger partial charge >= 0.3 is 0 Å². The van der Waals surface area contributed by atoms with Crippen molar-refractivity contribution in [2.75, 3.05) is 5.32 Å². The summed E-state index contributed by atoms with van der Waals surface area (Å²) >= 11 is 1.15. The minimum atomic E-state index is -0.976. The largest absolute Gasteiger partial charge is 0.366 e. The highest BCUT2D eigenvalue weighted by Gasteiger charge is 2.17. The van der Waals surface area contributed by atoms with E-state index < -0.39 is 23.4 Å². The second-order valence-electron chi connectivity index (χ2n) is 4.04. The number of nitrogens with two attached hydrogens (primary N) is 1. The summed E-state index contributed by atoms with van der Waals surface area (Å²) in [5, 5.41) is 2.65. The van der Waals surface area contributed by atoms with Crippen molar-refractivity contribution in [3.05, 3.63) is 51.9 Å². The molecule has 0 fully saturated rings. The summed E-state index contributed by atoms with van der Waals surface area (Å²) < 4.78 is 26.3. The standard InChI is InChI=1S/C13H10F2N2O2S/c1-6-4-9(11(16)18)13(20-6)17-12(19)8-3-2-7(14)5-10(8)15/h2-5H,1H3,(H2,16,18)(H,17,19). The highest BCUT2D eigenvalue weighted by atomic mass is 32.1. The number of carbonyl (C=O) groups excluding carboxylic acids is 2. The highest BCUT2D eigenvalue weighted by molar-refractivity contribution is 7.16. The fraction of sp³-hybridized carbons (Fsp3) is 0.0769. The first kappa shape index (κ1) is 14.1. The zero-order valence-electron chi connectivity index (χ0n) is 10.4. The molecule has 0 spiro atoms. The molecule has 0 aliphatic rings. The van der Waals surface area contributed by atoms with Crippen molar-refractivity contribution in [2.45, 2.75) is 6.92 Å². The molecule has 20 heavy (non-hydrogen) atoms. The number of rotatable bonds is 3. The molecule has 2 amide bonds. The van der Waals surface area contributed by atoms with Gasteiger partial charge in [0.15, 0.2) is 0 Å². The Morgan fingerprint density at radius 2 is 1.90 bits per heavy atom. The Balaban J connectivity index is 2.30. The number of benzene rings is 1. The van der Waals surface area contributed by atoms with E-state index in [1.807, 2.05) is 0 Å². The molecule has 2 rings (SSSR count). The Bertz CT molecular complexity index is 698. The van der Waals surface area contributed by atoms with Crippen molar-refractivity contribution in [1.82, 2.24) is 0 Å². The number of carbonyl (C=O) groups is 2. The number of primary amides is 1. The Morgan fingerprint density at radius 3 is 2.50 bits per heavy atom. The lowest BCUT2D eigenvalue weighted by atomic mass is 10.2. The molecule has 0 aliphatic heterocycles. The number of aryl methyl sites for hydroxylation is 1. The number of halogens is 2. The van der Waals surface area contributed by atoms with Gasteiger partial charge in [-0.05, 0) is 25.1 Å². The zero-order valence-corrected chi connectivity index (χ0v) is 11.2. The normalized spacial score (nSPS) is 10.3. The smallest absolute Gasteiger partial charge is 0.259 e. The molecule has 0 radical (unpaired) electrons. The molecule has 0 aliphatic carbocycles. The fourth-order valence-corrected chi connectivity index (χ4v) is 2.55. The monoisotopic (exact) mass is 296 g/mol. The van der Waals surface area contributed by atoms with Crippen LogP contribution in [0.5, 0.6) is 0 Å². The van der Waals surface area contributed by atoms with Crippen LogP contribution in [0.3, 0.4) is 0 Å². The lowest BCUT2D eigenvalue weighted by Crippen LogP contribution is -2.17. The summed E-state index contributed by atoms with van der Waals surface area (Å²) in [5.74, 6) is -3.21. The van der Waals surface area contributed by atoms with E-state index in [1.165, 1.54) is 6.07 Å². The maximum absolute atomic E-state index is 13.5. The molecule has 0 atom stereocenters. The van der Waals surface area contributed by atoms with Gasteiger partial charge in [-0.25, -0.2) is 8.78 Å². The maximum atomic E-state index is 13.5. The topological polar surface area (TPSA) is 72.2 Å². The van der Waals surface area contributed by atoms with E-state index in [2.05, 4.69) is 5.32 Å². The van der Waals surface area contributed by atoms with E-state index in [-0.39, 0.29) is 16.1 Å². The van der Waals surface area contributed by atoms with Gasteiger partial charge in [0.1, 0.15) is 16.6 Å². The van der Waals surface area contributed by atoms with E-state index in [1.54, 1.807) is 6.92 Å². The van der Waals surface area contributed by atoms with Crippen LogP contribution in [-0.2, 0) is 0 Å². The van der Waals surface area contributed by atoms with Crippen LogP contribution in [-0.4, -0.2) is 11.8 Å².